The summed E-state index contributed by atoms with van der Waals surface area (Å²) in [6.45, 7) is 8.57. The van der Waals surface area contributed by atoms with Crippen molar-refractivity contribution in [2.45, 2.75) is 45.8 Å². The van der Waals surface area contributed by atoms with Crippen LogP contribution in [0.4, 0.5) is 10.5 Å². The fourth-order valence-corrected chi connectivity index (χ4v) is 4.18. The van der Waals surface area contributed by atoms with Crippen molar-refractivity contribution in [3.63, 3.8) is 0 Å². The lowest BCUT2D eigenvalue weighted by atomic mass is 9.97. The number of alkyl carbamates (subject to hydrolysis) is 1. The molecule has 7 heteroatoms. The molecule has 0 aliphatic heterocycles. The Balaban J connectivity index is 1.43. The molecule has 1 unspecified atom stereocenters. The van der Waals surface area contributed by atoms with Crippen LogP contribution in [0, 0.1) is 6.92 Å². The van der Waals surface area contributed by atoms with E-state index in [-0.39, 0.29) is 18.5 Å². The predicted molar refractivity (Wildman–Crippen MR) is 154 cm³/mol. The van der Waals surface area contributed by atoms with Gasteiger partial charge in [0.1, 0.15) is 12.2 Å². The third-order valence-electron chi connectivity index (χ3n) is 6.27. The number of hydrogen-bond donors (Lipinski definition) is 2. The van der Waals surface area contributed by atoms with Gasteiger partial charge in [0.2, 0.25) is 0 Å². The average molecular weight is 526 g/mol. The second-order valence-electron chi connectivity index (χ2n) is 10.5. The number of carbonyl (C=O) groups is 2. The first-order chi connectivity index (χ1) is 18.7. The molecule has 3 aromatic carbocycles. The van der Waals surface area contributed by atoms with E-state index >= 15 is 0 Å². The molecule has 4 rings (SSSR count). The van der Waals surface area contributed by atoms with Gasteiger partial charge in [-0.1, -0.05) is 48.5 Å². The highest BCUT2D eigenvalue weighted by Gasteiger charge is 2.19. The van der Waals surface area contributed by atoms with Crippen molar-refractivity contribution in [2.24, 2.45) is 0 Å². The number of benzene rings is 3. The molecule has 1 atom stereocenters. The van der Waals surface area contributed by atoms with E-state index in [2.05, 4.69) is 21.7 Å². The Labute approximate surface area is 229 Å². The number of aryl methyl sites for hydroxylation is 1. The van der Waals surface area contributed by atoms with Gasteiger partial charge in [-0.05, 0) is 74.0 Å². The standard InChI is InChI=1S/C32H35N3O4/c1-22-7-5-6-8-29(22)30(36)38-21-23-9-11-24(12-10-23)27(20-35-31(37)39-32(2,3)4)19-34-28-14-13-26-18-33-16-15-25(26)17-28/h5-18,27,34H,19-21H2,1-4H3,(H,35,37). The first-order valence-electron chi connectivity index (χ1n) is 13.0. The van der Waals surface area contributed by atoms with Crippen molar-refractivity contribution < 1.29 is 19.1 Å². The smallest absolute Gasteiger partial charge is 0.407 e. The monoisotopic (exact) mass is 525 g/mol. The number of fused-ring (bicyclic) bond motifs is 1. The summed E-state index contributed by atoms with van der Waals surface area (Å²) in [4.78, 5) is 29.0. The minimum Gasteiger partial charge on any atom is -0.457 e. The zero-order valence-electron chi connectivity index (χ0n) is 22.9. The summed E-state index contributed by atoms with van der Waals surface area (Å²) in [5.41, 5.74) is 3.78. The molecule has 4 aromatic rings. The number of nitrogens with one attached hydrogen (secondary N) is 2. The molecule has 0 fully saturated rings. The van der Waals surface area contributed by atoms with Gasteiger partial charge in [0, 0.05) is 42.5 Å². The van der Waals surface area contributed by atoms with Gasteiger partial charge in [-0.25, -0.2) is 9.59 Å². The lowest BCUT2D eigenvalue weighted by molar-refractivity contribution is 0.0470. The SMILES string of the molecule is Cc1ccccc1C(=O)OCc1ccc(C(CNC(=O)OC(C)(C)C)CNc2ccc3cnccc3c2)cc1. The van der Waals surface area contributed by atoms with Crippen LogP contribution in [0.1, 0.15) is 53.7 Å². The number of anilines is 1. The van der Waals surface area contributed by atoms with Gasteiger partial charge >= 0.3 is 12.1 Å². The molecule has 0 aliphatic rings. The quantitative estimate of drug-likeness (QED) is 0.239. The molecule has 39 heavy (non-hydrogen) atoms. The molecule has 1 amide bonds. The Morgan fingerprint density at radius 3 is 2.44 bits per heavy atom. The Kier molecular flexibility index (Phi) is 8.81. The van der Waals surface area contributed by atoms with Gasteiger partial charge in [-0.2, -0.15) is 0 Å². The molecular weight excluding hydrogens is 490 g/mol. The third kappa shape index (κ3) is 8.04. The summed E-state index contributed by atoms with van der Waals surface area (Å²) in [6, 6.07) is 23.4. The third-order valence-corrected chi connectivity index (χ3v) is 6.27. The van der Waals surface area contributed by atoms with Gasteiger partial charge in [-0.3, -0.25) is 4.98 Å². The van der Waals surface area contributed by atoms with Crippen molar-refractivity contribution in [3.05, 3.63) is 107 Å². The number of nitrogens with zero attached hydrogens (tertiary/aromatic N) is 1. The summed E-state index contributed by atoms with van der Waals surface area (Å²) >= 11 is 0. The summed E-state index contributed by atoms with van der Waals surface area (Å²) in [7, 11) is 0. The summed E-state index contributed by atoms with van der Waals surface area (Å²) in [6.07, 6.45) is 3.16. The van der Waals surface area contributed by atoms with Crippen molar-refractivity contribution >= 4 is 28.5 Å². The molecule has 202 valence electrons. The van der Waals surface area contributed by atoms with E-state index < -0.39 is 11.7 Å². The molecule has 1 aromatic heterocycles. The molecule has 0 aliphatic carbocycles. The van der Waals surface area contributed by atoms with Crippen LogP contribution in [0.15, 0.2) is 85.2 Å². The van der Waals surface area contributed by atoms with Crippen LogP contribution < -0.4 is 10.6 Å². The Morgan fingerprint density at radius 2 is 1.69 bits per heavy atom. The Bertz CT molecular complexity index is 1430. The first-order valence-corrected chi connectivity index (χ1v) is 13.0. The molecule has 0 bridgehead atoms. The number of hydrogen-bond acceptors (Lipinski definition) is 6. The van der Waals surface area contributed by atoms with Crippen LogP contribution in [-0.4, -0.2) is 35.7 Å². The maximum absolute atomic E-state index is 12.5. The van der Waals surface area contributed by atoms with Crippen LogP contribution in [0.25, 0.3) is 10.8 Å². The van der Waals surface area contributed by atoms with Crippen molar-refractivity contribution in [2.75, 3.05) is 18.4 Å². The van der Waals surface area contributed by atoms with Crippen LogP contribution in [0.5, 0.6) is 0 Å². The van der Waals surface area contributed by atoms with E-state index in [0.29, 0.717) is 18.7 Å². The van der Waals surface area contributed by atoms with E-state index in [4.69, 9.17) is 9.47 Å². The fraction of sp³-hybridized carbons (Fsp3) is 0.281. The minimum absolute atomic E-state index is 0.0331. The van der Waals surface area contributed by atoms with Gasteiger partial charge in [0.05, 0.1) is 5.56 Å². The fourth-order valence-electron chi connectivity index (χ4n) is 4.18. The molecule has 7 nitrogen and oxygen atoms in total. The predicted octanol–water partition coefficient (Wildman–Crippen LogP) is 6.62. The normalized spacial score (nSPS) is 12.0. The highest BCUT2D eigenvalue weighted by atomic mass is 16.6. The number of rotatable bonds is 9. The highest BCUT2D eigenvalue weighted by Crippen LogP contribution is 2.22. The second kappa shape index (κ2) is 12.4. The lowest BCUT2D eigenvalue weighted by Gasteiger charge is -2.23. The van der Waals surface area contributed by atoms with Crippen molar-refractivity contribution in [1.29, 1.82) is 0 Å². The molecular formula is C32H35N3O4. The number of ether oxygens (including phenoxy) is 2. The minimum atomic E-state index is -0.574. The molecule has 2 N–H and O–H groups in total. The number of amides is 1. The van der Waals surface area contributed by atoms with Gasteiger partial charge in [-0.15, -0.1) is 0 Å². The largest absolute Gasteiger partial charge is 0.457 e. The van der Waals surface area contributed by atoms with Crippen molar-refractivity contribution in [3.8, 4) is 0 Å². The highest BCUT2D eigenvalue weighted by molar-refractivity contribution is 5.91. The first kappa shape index (κ1) is 27.6. The van der Waals surface area contributed by atoms with Crippen molar-refractivity contribution in [1.82, 2.24) is 10.3 Å². The Morgan fingerprint density at radius 1 is 0.923 bits per heavy atom. The molecule has 0 saturated heterocycles. The van der Waals surface area contributed by atoms with E-state index in [1.54, 1.807) is 12.3 Å². The number of carbonyl (C=O) groups excluding carboxylic acids is 2. The molecule has 0 saturated carbocycles. The van der Waals surface area contributed by atoms with E-state index in [9.17, 15) is 9.59 Å². The maximum Gasteiger partial charge on any atom is 0.407 e. The van der Waals surface area contributed by atoms with E-state index in [1.165, 1.54) is 0 Å². The van der Waals surface area contributed by atoms with E-state index in [1.807, 2.05) is 94.6 Å². The average Bonchev–Trinajstić information content (AvgIpc) is 2.91. The number of pyridine rings is 1. The van der Waals surface area contributed by atoms with Gasteiger partial charge < -0.3 is 20.1 Å². The zero-order chi connectivity index (χ0) is 27.8. The van der Waals surface area contributed by atoms with Crippen LogP contribution in [0.3, 0.4) is 0 Å². The summed E-state index contributed by atoms with van der Waals surface area (Å²) in [5, 5.41) is 8.58. The number of esters is 1. The second-order valence-corrected chi connectivity index (χ2v) is 10.5. The molecule has 0 spiro atoms. The zero-order valence-corrected chi connectivity index (χ0v) is 22.9. The maximum atomic E-state index is 12.5. The molecule has 1 heterocycles. The summed E-state index contributed by atoms with van der Waals surface area (Å²) < 4.78 is 11.0. The van der Waals surface area contributed by atoms with Gasteiger partial charge in [0.15, 0.2) is 0 Å². The number of aromatic nitrogens is 1. The topological polar surface area (TPSA) is 89.5 Å². The Hall–Kier alpha value is -4.39. The van der Waals surface area contributed by atoms with Crippen LogP contribution in [-0.2, 0) is 16.1 Å². The van der Waals surface area contributed by atoms with E-state index in [0.717, 1.165) is 33.2 Å². The van der Waals surface area contributed by atoms with Crippen LogP contribution in [0.2, 0.25) is 0 Å². The van der Waals surface area contributed by atoms with Gasteiger partial charge in [0.25, 0.3) is 0 Å². The summed E-state index contributed by atoms with van der Waals surface area (Å²) in [5.74, 6) is -0.374. The van der Waals surface area contributed by atoms with Crippen LogP contribution >= 0.6 is 0 Å². The molecule has 0 radical (unpaired) electrons. The lowest BCUT2D eigenvalue weighted by Crippen LogP contribution is -2.36.